The van der Waals surface area contributed by atoms with Gasteiger partial charge in [0.2, 0.25) is 10.0 Å². The number of hydrogen-bond acceptors (Lipinski definition) is 4. The van der Waals surface area contributed by atoms with Crippen molar-refractivity contribution in [2.24, 2.45) is 0 Å². The van der Waals surface area contributed by atoms with Gasteiger partial charge in [0.15, 0.2) is 5.13 Å². The number of aromatic nitrogens is 1. The van der Waals surface area contributed by atoms with Gasteiger partial charge < -0.3 is 0 Å². The van der Waals surface area contributed by atoms with Crippen LogP contribution in [-0.4, -0.2) is 18.7 Å². The number of rotatable bonds is 3. The summed E-state index contributed by atoms with van der Waals surface area (Å²) >= 11 is 1.29. The molecule has 1 heterocycles. The standard InChI is InChI=1S/C6H8N2O2S2/c9-12(10,5-1-2-5)8-6-7-3-4-11-6/h3-5H,1-2H2,(H,7,8). The Balaban J connectivity index is 2.12. The Hall–Kier alpha value is -0.620. The maximum absolute atomic E-state index is 11.3. The van der Waals surface area contributed by atoms with Crippen LogP contribution in [0.5, 0.6) is 0 Å². The van der Waals surface area contributed by atoms with Crippen molar-refractivity contribution >= 4 is 26.5 Å². The molecular weight excluding hydrogens is 196 g/mol. The van der Waals surface area contributed by atoms with Crippen LogP contribution in [0, 0.1) is 0 Å². The maximum atomic E-state index is 11.3. The van der Waals surface area contributed by atoms with Crippen LogP contribution < -0.4 is 4.72 Å². The normalized spacial score (nSPS) is 17.7. The number of anilines is 1. The fraction of sp³-hybridized carbons (Fsp3) is 0.500. The molecule has 1 saturated carbocycles. The molecule has 0 atom stereocenters. The van der Waals surface area contributed by atoms with E-state index in [1.54, 1.807) is 11.6 Å². The molecule has 0 radical (unpaired) electrons. The first kappa shape index (κ1) is 8.00. The molecule has 1 fully saturated rings. The predicted octanol–water partition coefficient (Wildman–Crippen LogP) is 1.05. The molecule has 6 heteroatoms. The van der Waals surface area contributed by atoms with Crippen LogP contribution in [0.15, 0.2) is 11.6 Å². The van der Waals surface area contributed by atoms with E-state index in [2.05, 4.69) is 9.71 Å². The Morgan fingerprint density at radius 1 is 1.58 bits per heavy atom. The van der Waals surface area contributed by atoms with E-state index in [-0.39, 0.29) is 5.25 Å². The van der Waals surface area contributed by atoms with E-state index in [1.165, 1.54) is 11.3 Å². The summed E-state index contributed by atoms with van der Waals surface area (Å²) < 4.78 is 25.1. The van der Waals surface area contributed by atoms with E-state index in [1.807, 2.05) is 0 Å². The lowest BCUT2D eigenvalue weighted by atomic mass is 11.0. The van der Waals surface area contributed by atoms with Crippen molar-refractivity contribution in [3.8, 4) is 0 Å². The topological polar surface area (TPSA) is 59.1 Å². The minimum atomic E-state index is -3.11. The van der Waals surface area contributed by atoms with Crippen LogP contribution >= 0.6 is 11.3 Å². The van der Waals surface area contributed by atoms with Gasteiger partial charge in [0.05, 0.1) is 5.25 Å². The third-order valence-electron chi connectivity index (χ3n) is 1.63. The van der Waals surface area contributed by atoms with Gasteiger partial charge in [0.25, 0.3) is 0 Å². The summed E-state index contributed by atoms with van der Waals surface area (Å²) in [6.07, 6.45) is 3.14. The van der Waals surface area contributed by atoms with Crippen LogP contribution in [0.25, 0.3) is 0 Å². The highest BCUT2D eigenvalue weighted by atomic mass is 32.2. The number of nitrogens with one attached hydrogen (secondary N) is 1. The van der Waals surface area contributed by atoms with Crippen LogP contribution in [-0.2, 0) is 10.0 Å². The molecule has 0 spiro atoms. The molecule has 1 aliphatic carbocycles. The first-order valence-electron chi connectivity index (χ1n) is 3.59. The second-order valence-electron chi connectivity index (χ2n) is 2.68. The Kier molecular flexibility index (Phi) is 1.80. The van der Waals surface area contributed by atoms with Crippen LogP contribution in [0.4, 0.5) is 5.13 Å². The van der Waals surface area contributed by atoms with Gasteiger partial charge in [-0.25, -0.2) is 13.4 Å². The third-order valence-corrected chi connectivity index (χ3v) is 4.27. The number of hydrogen-bond donors (Lipinski definition) is 1. The Bertz CT molecular complexity index is 353. The largest absolute Gasteiger partial charge is 0.258 e. The van der Waals surface area contributed by atoms with E-state index < -0.39 is 10.0 Å². The minimum absolute atomic E-state index is 0.179. The van der Waals surface area contributed by atoms with Crippen LogP contribution in [0.2, 0.25) is 0 Å². The monoisotopic (exact) mass is 204 g/mol. The average Bonchev–Trinajstić information content (AvgIpc) is 2.74. The molecule has 2 rings (SSSR count). The van der Waals surface area contributed by atoms with E-state index in [0.717, 1.165) is 12.8 Å². The number of sulfonamides is 1. The summed E-state index contributed by atoms with van der Waals surface area (Å²) in [5.74, 6) is 0. The summed E-state index contributed by atoms with van der Waals surface area (Å²) in [6.45, 7) is 0. The van der Waals surface area contributed by atoms with Crippen molar-refractivity contribution in [2.75, 3.05) is 4.72 Å². The average molecular weight is 204 g/mol. The molecule has 1 aliphatic rings. The first-order chi connectivity index (χ1) is 5.68. The molecule has 0 unspecified atom stereocenters. The second kappa shape index (κ2) is 2.70. The molecule has 0 amide bonds. The molecule has 0 bridgehead atoms. The second-order valence-corrected chi connectivity index (χ2v) is 5.54. The van der Waals surface area contributed by atoms with E-state index in [4.69, 9.17) is 0 Å². The maximum Gasteiger partial charge on any atom is 0.237 e. The molecule has 0 aromatic carbocycles. The fourth-order valence-corrected chi connectivity index (χ4v) is 2.99. The highest BCUT2D eigenvalue weighted by Gasteiger charge is 2.36. The SMILES string of the molecule is O=S(=O)(Nc1nccs1)C1CC1. The summed E-state index contributed by atoms with van der Waals surface area (Å²) in [6, 6.07) is 0. The predicted molar refractivity (Wildman–Crippen MR) is 47.7 cm³/mol. The molecule has 1 aromatic heterocycles. The van der Waals surface area contributed by atoms with Crippen molar-refractivity contribution in [3.63, 3.8) is 0 Å². The van der Waals surface area contributed by atoms with Crippen molar-refractivity contribution in [1.29, 1.82) is 0 Å². The summed E-state index contributed by atoms with van der Waals surface area (Å²) in [5.41, 5.74) is 0. The Morgan fingerprint density at radius 3 is 2.83 bits per heavy atom. The molecule has 1 aromatic rings. The van der Waals surface area contributed by atoms with Gasteiger partial charge in [0.1, 0.15) is 0 Å². The molecule has 1 N–H and O–H groups in total. The Morgan fingerprint density at radius 2 is 2.33 bits per heavy atom. The van der Waals surface area contributed by atoms with Crippen LogP contribution in [0.1, 0.15) is 12.8 Å². The fourth-order valence-electron chi connectivity index (χ4n) is 0.857. The van der Waals surface area contributed by atoms with Gasteiger partial charge >= 0.3 is 0 Å². The molecule has 0 saturated heterocycles. The van der Waals surface area contributed by atoms with Crippen molar-refractivity contribution in [2.45, 2.75) is 18.1 Å². The molecule has 0 aliphatic heterocycles. The molecule has 12 heavy (non-hydrogen) atoms. The van der Waals surface area contributed by atoms with Crippen LogP contribution in [0.3, 0.4) is 0 Å². The smallest absolute Gasteiger partial charge is 0.237 e. The van der Waals surface area contributed by atoms with Crippen molar-refractivity contribution < 1.29 is 8.42 Å². The quantitative estimate of drug-likeness (QED) is 0.800. The molecular formula is C6H8N2O2S2. The minimum Gasteiger partial charge on any atom is -0.258 e. The highest BCUT2D eigenvalue weighted by Crippen LogP contribution is 2.29. The van der Waals surface area contributed by atoms with Gasteiger partial charge in [-0.3, -0.25) is 4.72 Å². The van der Waals surface area contributed by atoms with E-state index >= 15 is 0 Å². The van der Waals surface area contributed by atoms with E-state index in [9.17, 15) is 8.42 Å². The zero-order valence-corrected chi connectivity index (χ0v) is 7.86. The van der Waals surface area contributed by atoms with Gasteiger partial charge in [0, 0.05) is 11.6 Å². The summed E-state index contributed by atoms with van der Waals surface area (Å²) in [4.78, 5) is 3.84. The lowest BCUT2D eigenvalue weighted by Crippen LogP contribution is -2.16. The van der Waals surface area contributed by atoms with Gasteiger partial charge in [-0.05, 0) is 12.8 Å². The van der Waals surface area contributed by atoms with Gasteiger partial charge in [-0.2, -0.15) is 0 Å². The van der Waals surface area contributed by atoms with Gasteiger partial charge in [-0.15, -0.1) is 11.3 Å². The Labute approximate surface area is 74.7 Å². The van der Waals surface area contributed by atoms with Crippen molar-refractivity contribution in [1.82, 2.24) is 4.98 Å². The lowest BCUT2D eigenvalue weighted by molar-refractivity contribution is 0.600. The van der Waals surface area contributed by atoms with E-state index in [0.29, 0.717) is 5.13 Å². The number of nitrogens with zero attached hydrogens (tertiary/aromatic N) is 1. The number of thiazole rings is 1. The molecule has 4 nitrogen and oxygen atoms in total. The third kappa shape index (κ3) is 1.59. The first-order valence-corrected chi connectivity index (χ1v) is 6.02. The zero-order chi connectivity index (χ0) is 8.60. The zero-order valence-electron chi connectivity index (χ0n) is 6.23. The summed E-state index contributed by atoms with van der Waals surface area (Å²) in [7, 11) is -3.11. The lowest BCUT2D eigenvalue weighted by Gasteiger charge is -2.01. The summed E-state index contributed by atoms with van der Waals surface area (Å²) in [5, 5.41) is 2.02. The molecule has 66 valence electrons. The highest BCUT2D eigenvalue weighted by molar-refractivity contribution is 7.93. The van der Waals surface area contributed by atoms with Crippen molar-refractivity contribution in [3.05, 3.63) is 11.6 Å². The van der Waals surface area contributed by atoms with Gasteiger partial charge in [-0.1, -0.05) is 0 Å².